The molecule has 1 aromatic heterocycles. The fourth-order valence-electron chi connectivity index (χ4n) is 1.38. The number of hydrogen-bond donors (Lipinski definition) is 1. The summed E-state index contributed by atoms with van der Waals surface area (Å²) in [5, 5.41) is 8.87. The van der Waals surface area contributed by atoms with Crippen LogP contribution in [0, 0.1) is 6.92 Å². The van der Waals surface area contributed by atoms with E-state index in [1.807, 2.05) is 37.3 Å². The highest BCUT2D eigenvalue weighted by Gasteiger charge is 2.09. The smallest absolute Gasteiger partial charge is 0.220 e. The van der Waals surface area contributed by atoms with Crippen LogP contribution in [-0.2, 0) is 6.61 Å². The molecule has 3 nitrogen and oxygen atoms in total. The molecular weight excluding hydrogens is 178 g/mol. The van der Waals surface area contributed by atoms with E-state index in [2.05, 4.69) is 4.98 Å². The van der Waals surface area contributed by atoms with Gasteiger partial charge < -0.3 is 9.52 Å². The van der Waals surface area contributed by atoms with Gasteiger partial charge >= 0.3 is 0 Å². The maximum Gasteiger partial charge on any atom is 0.220 e. The third-order valence-electron chi connectivity index (χ3n) is 2.02. The quantitative estimate of drug-likeness (QED) is 0.787. The second kappa shape index (κ2) is 3.64. The van der Waals surface area contributed by atoms with E-state index < -0.39 is 0 Å². The highest BCUT2D eigenvalue weighted by Crippen LogP contribution is 2.22. The largest absolute Gasteiger partial charge is 0.443 e. The molecule has 2 aromatic rings. The van der Waals surface area contributed by atoms with Gasteiger partial charge in [-0.2, -0.15) is 0 Å². The van der Waals surface area contributed by atoms with Crippen molar-refractivity contribution in [1.82, 2.24) is 4.98 Å². The Kier molecular flexibility index (Phi) is 2.33. The average molecular weight is 189 g/mol. The number of aliphatic hydroxyl groups excluding tert-OH is 1. The zero-order valence-corrected chi connectivity index (χ0v) is 7.90. The molecule has 0 unspecified atom stereocenters. The molecule has 0 amide bonds. The van der Waals surface area contributed by atoms with E-state index in [0.717, 1.165) is 17.0 Å². The third kappa shape index (κ3) is 1.54. The van der Waals surface area contributed by atoms with Crippen molar-refractivity contribution in [2.75, 3.05) is 0 Å². The number of nitrogens with zero attached hydrogens (tertiary/aromatic N) is 1. The van der Waals surface area contributed by atoms with Gasteiger partial charge in [-0.25, -0.2) is 4.98 Å². The average Bonchev–Trinajstić information content (AvgIpc) is 2.61. The van der Waals surface area contributed by atoms with Gasteiger partial charge in [0, 0.05) is 5.56 Å². The molecular formula is C11H11NO2. The summed E-state index contributed by atoms with van der Waals surface area (Å²) in [6.45, 7) is 1.68. The molecule has 0 aliphatic rings. The molecule has 1 heterocycles. The second-order valence-electron chi connectivity index (χ2n) is 3.04. The minimum absolute atomic E-state index is 0.159. The Morgan fingerprint density at radius 3 is 2.57 bits per heavy atom. The van der Waals surface area contributed by atoms with E-state index in [1.54, 1.807) is 0 Å². The van der Waals surface area contributed by atoms with E-state index in [-0.39, 0.29) is 6.61 Å². The van der Waals surface area contributed by atoms with Gasteiger partial charge in [0.25, 0.3) is 0 Å². The lowest BCUT2D eigenvalue weighted by molar-refractivity contribution is 0.238. The van der Waals surface area contributed by atoms with Crippen LogP contribution < -0.4 is 0 Å². The fourth-order valence-corrected chi connectivity index (χ4v) is 1.38. The van der Waals surface area contributed by atoms with Crippen molar-refractivity contribution in [2.45, 2.75) is 13.5 Å². The van der Waals surface area contributed by atoms with Crippen LogP contribution >= 0.6 is 0 Å². The second-order valence-corrected chi connectivity index (χ2v) is 3.04. The Bertz CT molecular complexity index is 420. The molecule has 0 fully saturated rings. The molecule has 0 bridgehead atoms. The van der Waals surface area contributed by atoms with Gasteiger partial charge in [0.2, 0.25) is 5.89 Å². The summed E-state index contributed by atoms with van der Waals surface area (Å²) in [6.07, 6.45) is 0. The van der Waals surface area contributed by atoms with Gasteiger partial charge in [0.15, 0.2) is 0 Å². The molecule has 0 aliphatic carbocycles. The topological polar surface area (TPSA) is 46.3 Å². The normalized spacial score (nSPS) is 10.4. The van der Waals surface area contributed by atoms with Crippen LogP contribution in [0.5, 0.6) is 0 Å². The molecule has 2 rings (SSSR count). The molecule has 0 aliphatic heterocycles. The standard InChI is InChI=1S/C11H11NO2/c1-8-11(12-10(7-13)14-8)9-5-3-2-4-6-9/h2-6,13H,7H2,1H3. The first-order valence-corrected chi connectivity index (χ1v) is 4.44. The molecule has 0 spiro atoms. The Labute approximate surface area is 82.0 Å². The minimum atomic E-state index is -0.159. The van der Waals surface area contributed by atoms with E-state index in [0.29, 0.717) is 5.89 Å². The number of aryl methyl sites for hydroxylation is 1. The molecule has 72 valence electrons. The Morgan fingerprint density at radius 1 is 1.29 bits per heavy atom. The Hall–Kier alpha value is -1.61. The zero-order valence-electron chi connectivity index (χ0n) is 7.90. The summed E-state index contributed by atoms with van der Waals surface area (Å²) >= 11 is 0. The first kappa shape index (κ1) is 8.97. The summed E-state index contributed by atoms with van der Waals surface area (Å²) in [5.41, 5.74) is 1.81. The van der Waals surface area contributed by atoms with Gasteiger partial charge in [-0.1, -0.05) is 30.3 Å². The summed E-state index contributed by atoms with van der Waals surface area (Å²) < 4.78 is 5.26. The monoisotopic (exact) mass is 189 g/mol. The molecule has 3 heteroatoms. The number of benzene rings is 1. The Balaban J connectivity index is 2.46. The summed E-state index contributed by atoms with van der Waals surface area (Å²) in [5.74, 6) is 1.10. The van der Waals surface area contributed by atoms with Gasteiger partial charge in [0.05, 0.1) is 0 Å². The van der Waals surface area contributed by atoms with Crippen molar-refractivity contribution in [2.24, 2.45) is 0 Å². The van der Waals surface area contributed by atoms with E-state index in [9.17, 15) is 0 Å². The van der Waals surface area contributed by atoms with Crippen molar-refractivity contribution < 1.29 is 9.52 Å². The van der Waals surface area contributed by atoms with Crippen LogP contribution in [0.1, 0.15) is 11.7 Å². The van der Waals surface area contributed by atoms with Crippen LogP contribution in [0.3, 0.4) is 0 Å². The lowest BCUT2D eigenvalue weighted by atomic mass is 10.1. The number of aromatic nitrogens is 1. The van der Waals surface area contributed by atoms with E-state index in [1.165, 1.54) is 0 Å². The number of oxazole rings is 1. The summed E-state index contributed by atoms with van der Waals surface area (Å²) in [4.78, 5) is 4.18. The molecule has 0 atom stereocenters. The SMILES string of the molecule is Cc1oc(CO)nc1-c1ccccc1. The van der Waals surface area contributed by atoms with Crippen molar-refractivity contribution in [3.63, 3.8) is 0 Å². The fraction of sp³-hybridized carbons (Fsp3) is 0.182. The predicted molar refractivity (Wildman–Crippen MR) is 52.6 cm³/mol. The van der Waals surface area contributed by atoms with Crippen molar-refractivity contribution in [1.29, 1.82) is 0 Å². The van der Waals surface area contributed by atoms with Gasteiger partial charge in [-0.3, -0.25) is 0 Å². The zero-order chi connectivity index (χ0) is 9.97. The molecule has 0 saturated carbocycles. The van der Waals surface area contributed by atoms with Crippen molar-refractivity contribution in [3.8, 4) is 11.3 Å². The number of rotatable bonds is 2. The van der Waals surface area contributed by atoms with Gasteiger partial charge in [0.1, 0.15) is 18.1 Å². The van der Waals surface area contributed by atoms with E-state index in [4.69, 9.17) is 9.52 Å². The molecule has 14 heavy (non-hydrogen) atoms. The van der Waals surface area contributed by atoms with Crippen LogP contribution in [0.25, 0.3) is 11.3 Å². The highest BCUT2D eigenvalue weighted by atomic mass is 16.4. The maximum atomic E-state index is 8.87. The Morgan fingerprint density at radius 2 is 2.00 bits per heavy atom. The maximum absolute atomic E-state index is 8.87. The van der Waals surface area contributed by atoms with E-state index >= 15 is 0 Å². The van der Waals surface area contributed by atoms with Crippen molar-refractivity contribution in [3.05, 3.63) is 42.0 Å². The van der Waals surface area contributed by atoms with Gasteiger partial charge in [-0.15, -0.1) is 0 Å². The van der Waals surface area contributed by atoms with Crippen molar-refractivity contribution >= 4 is 0 Å². The van der Waals surface area contributed by atoms with Gasteiger partial charge in [-0.05, 0) is 6.92 Å². The van der Waals surface area contributed by atoms with Crippen LogP contribution in [0.4, 0.5) is 0 Å². The lowest BCUT2D eigenvalue weighted by Gasteiger charge is -1.94. The number of aliphatic hydroxyl groups is 1. The molecule has 0 saturated heterocycles. The predicted octanol–water partition coefficient (Wildman–Crippen LogP) is 2.14. The first-order chi connectivity index (χ1) is 6.81. The summed E-state index contributed by atoms with van der Waals surface area (Å²) in [6, 6.07) is 9.77. The molecule has 1 N–H and O–H groups in total. The molecule has 1 aromatic carbocycles. The van der Waals surface area contributed by atoms with Crippen LogP contribution in [-0.4, -0.2) is 10.1 Å². The first-order valence-electron chi connectivity index (χ1n) is 4.44. The lowest BCUT2D eigenvalue weighted by Crippen LogP contribution is -1.82. The highest BCUT2D eigenvalue weighted by molar-refractivity contribution is 5.60. The minimum Gasteiger partial charge on any atom is -0.443 e. The molecule has 0 radical (unpaired) electrons. The third-order valence-corrected chi connectivity index (χ3v) is 2.02. The number of hydrogen-bond acceptors (Lipinski definition) is 3. The van der Waals surface area contributed by atoms with Crippen LogP contribution in [0.2, 0.25) is 0 Å². The van der Waals surface area contributed by atoms with Crippen LogP contribution in [0.15, 0.2) is 34.7 Å². The summed E-state index contributed by atoms with van der Waals surface area (Å²) in [7, 11) is 0.